The molecule has 0 radical (unpaired) electrons. The van der Waals surface area contributed by atoms with Crippen molar-refractivity contribution >= 4 is 11.6 Å². The molecular weight excluding hydrogens is 274 g/mol. The minimum absolute atomic E-state index is 0.339. The van der Waals surface area contributed by atoms with E-state index < -0.39 is 11.8 Å². The molecule has 0 aromatic heterocycles. The number of hydrogen-bond acceptors (Lipinski definition) is 2. The molecule has 0 heterocycles. The fourth-order valence-electron chi connectivity index (χ4n) is 1.50. The Labute approximate surface area is 117 Å². The molecule has 0 N–H and O–H groups in total. The largest absolute Gasteiger partial charge is 0.490 e. The van der Waals surface area contributed by atoms with Gasteiger partial charge in [0.05, 0.1) is 13.2 Å². The van der Waals surface area contributed by atoms with Crippen LogP contribution in [0.5, 0.6) is 11.5 Å². The Hall–Kier alpha value is -1.03. The van der Waals surface area contributed by atoms with Crippen LogP contribution in [0.2, 0.25) is 0 Å². The molecule has 1 atom stereocenters. The minimum Gasteiger partial charge on any atom is -0.490 e. The average molecular weight is 293 g/mol. The first kappa shape index (κ1) is 16.0. The van der Waals surface area contributed by atoms with Gasteiger partial charge in [-0.1, -0.05) is 19.9 Å². The molecule has 0 saturated carbocycles. The highest BCUT2D eigenvalue weighted by Crippen LogP contribution is 2.35. The maximum absolute atomic E-state index is 12.6. The summed E-state index contributed by atoms with van der Waals surface area (Å²) in [4.78, 5) is 0. The van der Waals surface area contributed by atoms with Crippen LogP contribution in [-0.2, 0) is 0 Å². The molecule has 2 nitrogen and oxygen atoms in total. The van der Waals surface area contributed by atoms with Gasteiger partial charge in [-0.05, 0) is 30.5 Å². The summed E-state index contributed by atoms with van der Waals surface area (Å²) in [5.41, 5.74) is 0.339. The van der Waals surface area contributed by atoms with Crippen molar-refractivity contribution in [3.63, 3.8) is 0 Å². The van der Waals surface area contributed by atoms with E-state index in [-0.39, 0.29) is 0 Å². The summed E-state index contributed by atoms with van der Waals surface area (Å²) in [6, 6.07) is 4.71. The van der Waals surface area contributed by atoms with Crippen LogP contribution < -0.4 is 9.47 Å². The second-order valence-corrected chi connectivity index (χ2v) is 4.61. The van der Waals surface area contributed by atoms with Gasteiger partial charge in [0, 0.05) is 0 Å². The number of rotatable bonds is 8. The second-order valence-electron chi connectivity index (χ2n) is 4.14. The third-order valence-electron chi connectivity index (χ3n) is 2.43. The zero-order valence-corrected chi connectivity index (χ0v) is 11.9. The fraction of sp³-hybridized carbons (Fsp3) is 0.571. The topological polar surface area (TPSA) is 18.5 Å². The molecule has 1 aromatic rings. The van der Waals surface area contributed by atoms with Gasteiger partial charge in [0.15, 0.2) is 11.5 Å². The van der Waals surface area contributed by atoms with Gasteiger partial charge in [0.25, 0.3) is 6.43 Å². The normalized spacial score (nSPS) is 12.5. The predicted molar refractivity (Wildman–Crippen MR) is 72.6 cm³/mol. The van der Waals surface area contributed by atoms with E-state index in [2.05, 4.69) is 0 Å². The number of hydrogen-bond donors (Lipinski definition) is 0. The molecule has 0 saturated heterocycles. The molecule has 0 aliphatic carbocycles. The molecule has 1 rings (SSSR count). The molecule has 108 valence electrons. The summed E-state index contributed by atoms with van der Waals surface area (Å²) in [6.45, 7) is 5.03. The lowest BCUT2D eigenvalue weighted by Crippen LogP contribution is -2.05. The number of halogens is 3. The molecule has 0 bridgehead atoms. The fourth-order valence-corrected chi connectivity index (χ4v) is 1.63. The molecular formula is C14H19ClF2O2. The Morgan fingerprint density at radius 3 is 2.16 bits per heavy atom. The van der Waals surface area contributed by atoms with E-state index in [0.29, 0.717) is 30.3 Å². The Morgan fingerprint density at radius 2 is 1.63 bits per heavy atom. The van der Waals surface area contributed by atoms with Gasteiger partial charge in [-0.15, -0.1) is 11.6 Å². The van der Waals surface area contributed by atoms with Crippen LogP contribution >= 0.6 is 11.6 Å². The lowest BCUT2D eigenvalue weighted by atomic mass is 10.1. The van der Waals surface area contributed by atoms with E-state index in [9.17, 15) is 8.78 Å². The lowest BCUT2D eigenvalue weighted by Gasteiger charge is -2.15. The maximum Gasteiger partial charge on any atom is 0.258 e. The highest BCUT2D eigenvalue weighted by molar-refractivity contribution is 6.21. The van der Waals surface area contributed by atoms with Gasteiger partial charge in [0.2, 0.25) is 0 Å². The highest BCUT2D eigenvalue weighted by atomic mass is 35.5. The van der Waals surface area contributed by atoms with E-state index >= 15 is 0 Å². The van der Waals surface area contributed by atoms with Crippen LogP contribution in [0, 0.1) is 0 Å². The summed E-state index contributed by atoms with van der Waals surface area (Å²) in [5, 5.41) is -1.33. The smallest absolute Gasteiger partial charge is 0.258 e. The van der Waals surface area contributed by atoms with Gasteiger partial charge in [-0.25, -0.2) is 8.78 Å². The molecule has 1 aromatic carbocycles. The van der Waals surface area contributed by atoms with Crippen molar-refractivity contribution in [1.82, 2.24) is 0 Å². The summed E-state index contributed by atoms with van der Waals surface area (Å²) >= 11 is 5.66. The van der Waals surface area contributed by atoms with Crippen molar-refractivity contribution in [3.8, 4) is 11.5 Å². The van der Waals surface area contributed by atoms with Crippen LogP contribution in [-0.4, -0.2) is 19.6 Å². The summed E-state index contributed by atoms with van der Waals surface area (Å²) < 4.78 is 36.2. The highest BCUT2D eigenvalue weighted by Gasteiger charge is 2.21. The molecule has 19 heavy (non-hydrogen) atoms. The number of ether oxygens (including phenoxy) is 2. The van der Waals surface area contributed by atoms with Gasteiger partial charge in [-0.2, -0.15) is 0 Å². The first-order chi connectivity index (χ1) is 9.10. The number of alkyl halides is 3. The average Bonchev–Trinajstić information content (AvgIpc) is 2.42. The second kappa shape index (κ2) is 8.20. The Kier molecular flexibility index (Phi) is 6.92. The van der Waals surface area contributed by atoms with Crippen LogP contribution in [0.3, 0.4) is 0 Å². The Morgan fingerprint density at radius 1 is 1.05 bits per heavy atom. The van der Waals surface area contributed by atoms with E-state index in [1.165, 1.54) is 6.07 Å². The van der Waals surface area contributed by atoms with Crippen LogP contribution in [0.1, 0.15) is 37.6 Å². The zero-order valence-electron chi connectivity index (χ0n) is 11.2. The molecule has 0 aliphatic rings. The van der Waals surface area contributed by atoms with Crippen LogP contribution in [0.15, 0.2) is 18.2 Å². The summed E-state index contributed by atoms with van der Waals surface area (Å²) in [5.74, 6) is 1.04. The maximum atomic E-state index is 12.6. The summed E-state index contributed by atoms with van der Waals surface area (Å²) in [7, 11) is 0. The van der Waals surface area contributed by atoms with Gasteiger partial charge in [-0.3, -0.25) is 0 Å². The van der Waals surface area contributed by atoms with E-state index in [1.54, 1.807) is 12.1 Å². The SMILES string of the molecule is CCCOc1ccc(C(Cl)C(F)F)cc1OCCC. The molecule has 0 amide bonds. The van der Waals surface area contributed by atoms with Crippen molar-refractivity contribution in [3.05, 3.63) is 23.8 Å². The van der Waals surface area contributed by atoms with Crippen LogP contribution in [0.4, 0.5) is 8.78 Å². The van der Waals surface area contributed by atoms with Crippen molar-refractivity contribution in [2.75, 3.05) is 13.2 Å². The molecule has 0 spiro atoms. The van der Waals surface area contributed by atoms with Crippen molar-refractivity contribution in [2.45, 2.75) is 38.5 Å². The van der Waals surface area contributed by atoms with E-state index in [1.807, 2.05) is 13.8 Å². The first-order valence-corrected chi connectivity index (χ1v) is 6.85. The third-order valence-corrected chi connectivity index (χ3v) is 2.87. The lowest BCUT2D eigenvalue weighted by molar-refractivity contribution is 0.142. The zero-order chi connectivity index (χ0) is 14.3. The molecule has 1 unspecified atom stereocenters. The van der Waals surface area contributed by atoms with Gasteiger partial charge < -0.3 is 9.47 Å². The van der Waals surface area contributed by atoms with E-state index in [4.69, 9.17) is 21.1 Å². The van der Waals surface area contributed by atoms with Crippen molar-refractivity contribution in [1.29, 1.82) is 0 Å². The van der Waals surface area contributed by atoms with Gasteiger partial charge >= 0.3 is 0 Å². The number of benzene rings is 1. The standard InChI is InChI=1S/C14H19ClF2O2/c1-3-7-18-11-6-5-10(13(15)14(16)17)9-12(11)19-8-4-2/h5-6,9,13-14H,3-4,7-8H2,1-2H3. The minimum atomic E-state index is -2.61. The summed E-state index contributed by atoms with van der Waals surface area (Å²) in [6.07, 6.45) is -0.913. The molecule has 0 aliphatic heterocycles. The van der Waals surface area contributed by atoms with Gasteiger partial charge in [0.1, 0.15) is 5.38 Å². The van der Waals surface area contributed by atoms with Crippen LogP contribution in [0.25, 0.3) is 0 Å². The molecule has 0 fully saturated rings. The van der Waals surface area contributed by atoms with Crippen molar-refractivity contribution < 1.29 is 18.3 Å². The quantitative estimate of drug-likeness (QED) is 0.640. The first-order valence-electron chi connectivity index (χ1n) is 6.41. The molecule has 5 heteroatoms. The van der Waals surface area contributed by atoms with E-state index in [0.717, 1.165) is 12.8 Å². The Bertz CT molecular complexity index is 386. The Balaban J connectivity index is 2.93. The van der Waals surface area contributed by atoms with Crippen molar-refractivity contribution in [2.24, 2.45) is 0 Å². The monoisotopic (exact) mass is 292 g/mol. The third kappa shape index (κ3) is 4.86. The predicted octanol–water partition coefficient (Wildman–Crippen LogP) is 4.81.